The summed E-state index contributed by atoms with van der Waals surface area (Å²) in [4.78, 5) is 10.1. The first-order valence-corrected chi connectivity index (χ1v) is 4.41. The summed E-state index contributed by atoms with van der Waals surface area (Å²) in [5.74, 6) is 0. The molecule has 0 aromatic heterocycles. The molecule has 84 valence electrons. The molecule has 0 bridgehead atoms. The van der Waals surface area contributed by atoms with E-state index in [-0.39, 0.29) is 6.20 Å². The third kappa shape index (κ3) is 2.78. The molecule has 0 amide bonds. The Bertz CT molecular complexity index is 888. The fourth-order valence-corrected chi connectivity index (χ4v) is 1.13. The van der Waals surface area contributed by atoms with Crippen LogP contribution in [0.4, 0.5) is 0 Å². The minimum atomic E-state index is -0.989. The number of hydrogen-bond donors (Lipinski definition) is 0. The SMILES string of the molecule is [2H]c1c([2H])c([2H])c(C(=C[N+](=O)[O-])c2c([2H])c([2H])c([2H])c([2H])c2[2H])c([2H])c1[2H]. The molecule has 2 rings (SSSR count). The topological polar surface area (TPSA) is 43.1 Å². The zero-order chi connectivity index (χ0) is 20.8. The van der Waals surface area contributed by atoms with Gasteiger partial charge in [-0.05, 0) is 11.1 Å². The summed E-state index contributed by atoms with van der Waals surface area (Å²) >= 11 is 0. The molecule has 0 unspecified atom stereocenters. The van der Waals surface area contributed by atoms with Crippen LogP contribution in [0.25, 0.3) is 5.57 Å². The first-order valence-electron chi connectivity index (χ1n) is 9.41. The van der Waals surface area contributed by atoms with Gasteiger partial charge in [-0.3, -0.25) is 10.1 Å². The normalized spacial score (nSPS) is 17.9. The van der Waals surface area contributed by atoms with Gasteiger partial charge in [0.2, 0.25) is 6.20 Å². The quantitative estimate of drug-likeness (QED) is 0.604. The maximum atomic E-state index is 11.1. The highest BCUT2D eigenvalue weighted by Crippen LogP contribution is 2.22. The predicted octanol–water partition coefficient (Wildman–Crippen LogP) is 3.35. The predicted molar refractivity (Wildman–Crippen MR) is 67.0 cm³/mol. The van der Waals surface area contributed by atoms with Crippen LogP contribution in [0.1, 0.15) is 24.8 Å². The molecule has 17 heavy (non-hydrogen) atoms. The van der Waals surface area contributed by atoms with Crippen molar-refractivity contribution in [3.8, 4) is 0 Å². The van der Waals surface area contributed by atoms with Crippen LogP contribution in [-0.2, 0) is 0 Å². The Morgan fingerprint density at radius 2 is 1.41 bits per heavy atom. The number of nitrogens with zero attached hydrogens (tertiary/aromatic N) is 1. The Kier molecular flexibility index (Phi) is 1.23. The molecule has 0 atom stereocenters. The van der Waals surface area contributed by atoms with E-state index in [2.05, 4.69) is 0 Å². The summed E-state index contributed by atoms with van der Waals surface area (Å²) in [7, 11) is 0. The summed E-state index contributed by atoms with van der Waals surface area (Å²) in [6.07, 6.45) is 0.266. The lowest BCUT2D eigenvalue weighted by atomic mass is 9.99. The van der Waals surface area contributed by atoms with Crippen molar-refractivity contribution >= 4 is 5.57 Å². The molecule has 2 aromatic carbocycles. The van der Waals surface area contributed by atoms with Gasteiger partial charge in [0.1, 0.15) is 0 Å². The fourth-order valence-electron chi connectivity index (χ4n) is 1.13. The Balaban J connectivity index is 3.06. The van der Waals surface area contributed by atoms with E-state index in [0.29, 0.717) is 0 Å². The average Bonchev–Trinajstić information content (AvgIpc) is 2.61. The van der Waals surface area contributed by atoms with Gasteiger partial charge in [-0.25, -0.2) is 0 Å². The van der Waals surface area contributed by atoms with Crippen molar-refractivity contribution in [1.82, 2.24) is 0 Å². The zero-order valence-electron chi connectivity index (χ0n) is 18.3. The molecule has 3 heteroatoms. The second kappa shape index (κ2) is 5.07. The van der Waals surface area contributed by atoms with Gasteiger partial charge >= 0.3 is 0 Å². The summed E-state index contributed by atoms with van der Waals surface area (Å²) in [5.41, 5.74) is -1.93. The third-order valence-corrected chi connectivity index (χ3v) is 1.77. The maximum absolute atomic E-state index is 11.1. The van der Waals surface area contributed by atoms with Gasteiger partial charge in [-0.15, -0.1) is 0 Å². The van der Waals surface area contributed by atoms with Gasteiger partial charge in [-0.2, -0.15) is 0 Å². The molecule has 0 fully saturated rings. The van der Waals surface area contributed by atoms with Crippen LogP contribution in [0.5, 0.6) is 0 Å². The lowest BCUT2D eigenvalue weighted by Gasteiger charge is -2.04. The first kappa shape index (κ1) is 4.11. The monoisotopic (exact) mass is 235 g/mol. The summed E-state index contributed by atoms with van der Waals surface area (Å²) in [5, 5.41) is 11.1. The second-order valence-corrected chi connectivity index (χ2v) is 2.83. The van der Waals surface area contributed by atoms with Crippen LogP contribution in [0.3, 0.4) is 0 Å². The summed E-state index contributed by atoms with van der Waals surface area (Å²) < 4.78 is 77.8. The Morgan fingerprint density at radius 3 is 1.76 bits per heavy atom. The van der Waals surface area contributed by atoms with Crippen LogP contribution in [0.15, 0.2) is 66.6 Å². The lowest BCUT2D eigenvalue weighted by Crippen LogP contribution is -1.93. The van der Waals surface area contributed by atoms with Gasteiger partial charge in [0.05, 0.1) is 24.2 Å². The minimum Gasteiger partial charge on any atom is -0.259 e. The molecule has 0 heterocycles. The van der Waals surface area contributed by atoms with E-state index in [4.69, 9.17) is 13.7 Å². The van der Waals surface area contributed by atoms with Crippen molar-refractivity contribution < 1.29 is 18.6 Å². The van der Waals surface area contributed by atoms with Crippen molar-refractivity contribution in [2.75, 3.05) is 0 Å². The molecule has 2 aromatic rings. The van der Waals surface area contributed by atoms with Gasteiger partial charge in [0.15, 0.2) is 0 Å². The van der Waals surface area contributed by atoms with E-state index in [0.717, 1.165) is 0 Å². The lowest BCUT2D eigenvalue weighted by molar-refractivity contribution is -0.401. The van der Waals surface area contributed by atoms with E-state index in [1.54, 1.807) is 0 Å². The van der Waals surface area contributed by atoms with Crippen LogP contribution < -0.4 is 0 Å². The van der Waals surface area contributed by atoms with Crippen LogP contribution in [0, 0.1) is 10.1 Å². The van der Waals surface area contributed by atoms with E-state index >= 15 is 0 Å². The molecular formula is C14H11NO2. The van der Waals surface area contributed by atoms with E-state index in [1.165, 1.54) is 0 Å². The molecule has 0 aliphatic rings. The number of nitro groups is 1. The molecule has 0 radical (unpaired) electrons. The van der Waals surface area contributed by atoms with Crippen molar-refractivity contribution in [1.29, 1.82) is 0 Å². The largest absolute Gasteiger partial charge is 0.259 e. The molecule has 3 nitrogen and oxygen atoms in total. The van der Waals surface area contributed by atoms with Crippen molar-refractivity contribution in [3.05, 3.63) is 87.9 Å². The second-order valence-electron chi connectivity index (χ2n) is 2.83. The summed E-state index contributed by atoms with van der Waals surface area (Å²) in [6, 6.07) is -7.70. The molecular weight excluding hydrogens is 214 g/mol. The zero-order valence-corrected chi connectivity index (χ0v) is 8.34. The standard InChI is InChI=1S/C14H11NO2/c16-15(17)11-14(12-7-3-1-4-8-12)13-9-5-2-6-10-13/h1-11H/i1D,2D,3D,4D,5D,6D,7D,8D,9D,10D. The van der Waals surface area contributed by atoms with E-state index in [1.807, 2.05) is 0 Å². The highest BCUT2D eigenvalue weighted by atomic mass is 16.6. The Morgan fingerprint density at radius 1 is 1.00 bits per heavy atom. The van der Waals surface area contributed by atoms with Gasteiger partial charge in [0.25, 0.3) is 0 Å². The fraction of sp³-hybridized carbons (Fsp3) is 0. The van der Waals surface area contributed by atoms with E-state index < -0.39 is 82.0 Å². The van der Waals surface area contributed by atoms with Crippen molar-refractivity contribution in [2.45, 2.75) is 0 Å². The van der Waals surface area contributed by atoms with Gasteiger partial charge in [-0.1, -0.05) is 60.4 Å². The van der Waals surface area contributed by atoms with Gasteiger partial charge < -0.3 is 0 Å². The van der Waals surface area contributed by atoms with Crippen LogP contribution in [0.2, 0.25) is 0 Å². The molecule has 0 N–H and O–H groups in total. The van der Waals surface area contributed by atoms with Gasteiger partial charge in [0, 0.05) is 0 Å². The molecule has 0 saturated heterocycles. The number of rotatable bonds is 3. The van der Waals surface area contributed by atoms with Crippen molar-refractivity contribution in [2.24, 2.45) is 0 Å². The van der Waals surface area contributed by atoms with Crippen LogP contribution in [-0.4, -0.2) is 4.92 Å². The molecule has 0 aliphatic carbocycles. The smallest absolute Gasteiger partial charge is 0.242 e. The Hall–Kier alpha value is -2.42. The Labute approximate surface area is 113 Å². The maximum Gasteiger partial charge on any atom is 0.242 e. The molecule has 0 aliphatic heterocycles. The first-order chi connectivity index (χ1) is 12.4. The summed E-state index contributed by atoms with van der Waals surface area (Å²) in [6.45, 7) is 0. The van der Waals surface area contributed by atoms with Crippen LogP contribution >= 0.6 is 0 Å². The number of hydrogen-bond acceptors (Lipinski definition) is 2. The van der Waals surface area contributed by atoms with Crippen molar-refractivity contribution in [3.63, 3.8) is 0 Å². The highest BCUT2D eigenvalue weighted by molar-refractivity contribution is 5.78. The number of benzene rings is 2. The third-order valence-electron chi connectivity index (χ3n) is 1.77. The molecule has 0 saturated carbocycles. The van der Waals surface area contributed by atoms with E-state index in [9.17, 15) is 10.1 Å². The molecule has 0 spiro atoms. The minimum absolute atomic E-state index is 0.266. The average molecular weight is 235 g/mol. The highest BCUT2D eigenvalue weighted by Gasteiger charge is 2.08.